The van der Waals surface area contributed by atoms with Gasteiger partial charge in [-0.15, -0.1) is 0 Å². The first-order valence-electron chi connectivity index (χ1n) is 14.1. The Kier molecular flexibility index (Phi) is 9.28. The van der Waals surface area contributed by atoms with Crippen molar-refractivity contribution in [2.45, 2.75) is 44.6 Å². The highest BCUT2D eigenvalue weighted by Crippen LogP contribution is 2.41. The molecule has 1 fully saturated rings. The van der Waals surface area contributed by atoms with Gasteiger partial charge >= 0.3 is 0 Å². The number of hydrogen-bond acceptors (Lipinski definition) is 4. The maximum Gasteiger partial charge on any atom is 0.251 e. The van der Waals surface area contributed by atoms with Crippen molar-refractivity contribution >= 4 is 52.3 Å². The van der Waals surface area contributed by atoms with E-state index in [1.165, 1.54) is 0 Å². The molecule has 0 radical (unpaired) electrons. The van der Waals surface area contributed by atoms with E-state index in [0.29, 0.717) is 57.5 Å². The summed E-state index contributed by atoms with van der Waals surface area (Å²) in [4.78, 5) is 41.9. The molecular formula is C32H34Cl2N4O3. The Bertz CT molecular complexity index is 1430. The number of carbonyl (C=O) groups is 3. The number of amides is 3. The van der Waals surface area contributed by atoms with Gasteiger partial charge in [0.25, 0.3) is 5.91 Å². The van der Waals surface area contributed by atoms with E-state index >= 15 is 0 Å². The lowest BCUT2D eigenvalue weighted by atomic mass is 9.81. The number of hydrogen-bond donors (Lipinski definition) is 3. The lowest BCUT2D eigenvalue weighted by molar-refractivity contribution is -0.119. The van der Waals surface area contributed by atoms with Gasteiger partial charge in [0.15, 0.2) is 0 Å². The van der Waals surface area contributed by atoms with E-state index in [1.54, 1.807) is 41.3 Å². The van der Waals surface area contributed by atoms with Gasteiger partial charge in [-0.1, -0.05) is 66.0 Å². The summed E-state index contributed by atoms with van der Waals surface area (Å²) in [5.41, 5.74) is 8.65. The minimum absolute atomic E-state index is 0.0118. The number of nitrogens with zero attached hydrogens (tertiary/aromatic N) is 1. The van der Waals surface area contributed by atoms with E-state index < -0.39 is 6.04 Å². The molecule has 0 aromatic heterocycles. The number of nitrogens with one attached hydrogen (secondary N) is 2. The lowest BCUT2D eigenvalue weighted by Crippen LogP contribution is -2.36. The fraction of sp³-hybridized carbons (Fsp3) is 0.344. The Morgan fingerprint density at radius 3 is 2.54 bits per heavy atom. The summed E-state index contributed by atoms with van der Waals surface area (Å²) in [6.45, 7) is 1.26. The molecule has 1 heterocycles. The molecular weight excluding hydrogens is 559 g/mol. The number of rotatable bonds is 7. The minimum atomic E-state index is -0.668. The van der Waals surface area contributed by atoms with E-state index in [9.17, 15) is 14.4 Å². The third-order valence-corrected chi connectivity index (χ3v) is 8.61. The third kappa shape index (κ3) is 6.92. The molecule has 1 aliphatic heterocycles. The zero-order valence-electron chi connectivity index (χ0n) is 22.7. The third-order valence-electron chi connectivity index (χ3n) is 8.05. The molecule has 1 saturated carbocycles. The van der Waals surface area contributed by atoms with Gasteiger partial charge in [0, 0.05) is 22.2 Å². The van der Waals surface area contributed by atoms with Crippen LogP contribution < -0.4 is 21.3 Å². The van der Waals surface area contributed by atoms with Crippen LogP contribution in [0.15, 0.2) is 66.7 Å². The summed E-state index contributed by atoms with van der Waals surface area (Å²) in [5.74, 6) is 0.201. The molecule has 4 N–H and O–H groups in total. The first-order valence-corrected chi connectivity index (χ1v) is 14.8. The molecule has 3 aromatic carbocycles. The summed E-state index contributed by atoms with van der Waals surface area (Å²) in [6.07, 6.45) is 4.48. The number of carbonyl (C=O) groups excluding carboxylic acids is 3. The summed E-state index contributed by atoms with van der Waals surface area (Å²) in [6, 6.07) is 18.9. The summed E-state index contributed by atoms with van der Waals surface area (Å²) < 4.78 is 0. The minimum Gasteiger partial charge on any atom is -0.352 e. The Balaban J connectivity index is 1.45. The molecule has 1 aliphatic carbocycles. The molecule has 5 rings (SSSR count). The molecule has 3 unspecified atom stereocenters. The van der Waals surface area contributed by atoms with Crippen molar-refractivity contribution in [3.8, 4) is 0 Å². The average molecular weight is 594 g/mol. The molecule has 3 atom stereocenters. The second kappa shape index (κ2) is 13.1. The van der Waals surface area contributed by atoms with Crippen molar-refractivity contribution < 1.29 is 14.4 Å². The standard InChI is InChI=1S/C32H34Cl2N4O3/c33-24-10-11-25(26(34)16-24)29-17-30(39)37-27-15-23(32(41)36-19-22-8-4-7-21(13-22)18-35)9-12-28(27)38(29)31(40)14-20-5-2-1-3-6-20/h1-3,5-6,9-12,15-16,21-22,29H,4,7-8,13-14,17-19,35H2,(H,36,41)(H,37,39). The average Bonchev–Trinajstić information content (AvgIpc) is 3.11. The smallest absolute Gasteiger partial charge is 0.251 e. The van der Waals surface area contributed by atoms with Gasteiger partial charge in [-0.05, 0) is 79.1 Å². The van der Waals surface area contributed by atoms with E-state index in [1.807, 2.05) is 30.3 Å². The van der Waals surface area contributed by atoms with Crippen LogP contribution in [0.4, 0.5) is 11.4 Å². The largest absolute Gasteiger partial charge is 0.352 e. The molecule has 3 aromatic rings. The topological polar surface area (TPSA) is 105 Å². The summed E-state index contributed by atoms with van der Waals surface area (Å²) in [7, 11) is 0. The van der Waals surface area contributed by atoms with Crippen molar-refractivity contribution in [3.05, 3.63) is 93.5 Å². The number of nitrogens with two attached hydrogens (primary N) is 1. The highest BCUT2D eigenvalue weighted by atomic mass is 35.5. The Labute approximate surface area is 250 Å². The quantitative estimate of drug-likeness (QED) is 0.306. The molecule has 41 heavy (non-hydrogen) atoms. The highest BCUT2D eigenvalue weighted by Gasteiger charge is 2.35. The van der Waals surface area contributed by atoms with E-state index in [2.05, 4.69) is 10.6 Å². The highest BCUT2D eigenvalue weighted by molar-refractivity contribution is 6.35. The van der Waals surface area contributed by atoms with Gasteiger partial charge in [-0.25, -0.2) is 0 Å². The number of anilines is 2. The molecule has 7 nitrogen and oxygen atoms in total. The van der Waals surface area contributed by atoms with Gasteiger partial charge in [-0.2, -0.15) is 0 Å². The fourth-order valence-corrected chi connectivity index (χ4v) is 6.48. The van der Waals surface area contributed by atoms with Gasteiger partial charge in [0.05, 0.1) is 30.3 Å². The fourth-order valence-electron chi connectivity index (χ4n) is 5.95. The van der Waals surface area contributed by atoms with E-state index in [0.717, 1.165) is 31.2 Å². The molecule has 2 aliphatic rings. The van der Waals surface area contributed by atoms with Gasteiger partial charge in [-0.3, -0.25) is 14.4 Å². The monoisotopic (exact) mass is 592 g/mol. The van der Waals surface area contributed by atoms with Crippen LogP contribution >= 0.6 is 23.2 Å². The Morgan fingerprint density at radius 2 is 1.78 bits per heavy atom. The molecule has 9 heteroatoms. The maximum atomic E-state index is 13.9. The summed E-state index contributed by atoms with van der Waals surface area (Å²) in [5, 5.41) is 6.81. The van der Waals surface area contributed by atoms with Crippen molar-refractivity contribution in [2.24, 2.45) is 17.6 Å². The van der Waals surface area contributed by atoms with Crippen LogP contribution in [0.2, 0.25) is 10.0 Å². The van der Waals surface area contributed by atoms with Crippen LogP contribution in [0.25, 0.3) is 0 Å². The van der Waals surface area contributed by atoms with Crippen LogP contribution in [0.3, 0.4) is 0 Å². The SMILES string of the molecule is NCC1CCCC(CNC(=O)c2ccc3c(c2)NC(=O)CC(c2ccc(Cl)cc2Cl)N3C(=O)Cc2ccccc2)C1. The number of benzene rings is 3. The predicted molar refractivity (Wildman–Crippen MR) is 163 cm³/mol. The van der Waals surface area contributed by atoms with Gasteiger partial charge in [0.1, 0.15) is 0 Å². The second-order valence-electron chi connectivity index (χ2n) is 10.9. The van der Waals surface area contributed by atoms with Gasteiger partial charge in [0.2, 0.25) is 11.8 Å². The van der Waals surface area contributed by atoms with Crippen LogP contribution in [-0.4, -0.2) is 30.8 Å². The lowest BCUT2D eigenvalue weighted by Gasteiger charge is -2.31. The molecule has 0 saturated heterocycles. The van der Waals surface area contributed by atoms with Gasteiger partial charge < -0.3 is 21.3 Å². The molecule has 0 spiro atoms. The molecule has 214 valence electrons. The van der Waals surface area contributed by atoms with Crippen molar-refractivity contribution in [1.82, 2.24) is 5.32 Å². The first-order chi connectivity index (χ1) is 19.8. The number of halogens is 2. The van der Waals surface area contributed by atoms with Crippen LogP contribution in [0.1, 0.15) is 59.6 Å². The summed E-state index contributed by atoms with van der Waals surface area (Å²) >= 11 is 12.7. The Morgan fingerprint density at radius 1 is 1.00 bits per heavy atom. The second-order valence-corrected chi connectivity index (χ2v) is 11.8. The van der Waals surface area contributed by atoms with Crippen molar-refractivity contribution in [1.29, 1.82) is 0 Å². The maximum absolute atomic E-state index is 13.9. The normalized spacial score (nSPS) is 20.5. The van der Waals surface area contributed by atoms with Crippen LogP contribution in [-0.2, 0) is 16.0 Å². The molecule has 0 bridgehead atoms. The van der Waals surface area contributed by atoms with Crippen molar-refractivity contribution in [3.63, 3.8) is 0 Å². The van der Waals surface area contributed by atoms with Crippen LogP contribution in [0.5, 0.6) is 0 Å². The zero-order valence-corrected chi connectivity index (χ0v) is 24.3. The molecule has 3 amide bonds. The van der Waals surface area contributed by atoms with Crippen LogP contribution in [0, 0.1) is 11.8 Å². The van der Waals surface area contributed by atoms with E-state index in [-0.39, 0.29) is 30.6 Å². The zero-order chi connectivity index (χ0) is 28.9. The van der Waals surface area contributed by atoms with Crippen molar-refractivity contribution in [2.75, 3.05) is 23.3 Å². The van der Waals surface area contributed by atoms with E-state index in [4.69, 9.17) is 28.9 Å². The first kappa shape index (κ1) is 29.1. The predicted octanol–water partition coefficient (Wildman–Crippen LogP) is 6.15. The number of fused-ring (bicyclic) bond motifs is 1. The Hall–Kier alpha value is -3.39.